The van der Waals surface area contributed by atoms with Crippen LogP contribution in [0.2, 0.25) is 0 Å². The van der Waals surface area contributed by atoms with Gasteiger partial charge in [-0.25, -0.2) is 18.1 Å². The van der Waals surface area contributed by atoms with Crippen LogP contribution in [0, 0.1) is 6.92 Å². The fourth-order valence-electron chi connectivity index (χ4n) is 2.71. The van der Waals surface area contributed by atoms with Gasteiger partial charge in [0.1, 0.15) is 4.90 Å². The van der Waals surface area contributed by atoms with Crippen LogP contribution in [0.25, 0.3) is 16.7 Å². The number of pyridine rings is 1. The van der Waals surface area contributed by atoms with E-state index >= 15 is 0 Å². The molecule has 0 saturated carbocycles. The minimum Gasteiger partial charge on any atom is -0.279 e. The Balaban J connectivity index is 1.65. The molecule has 1 aromatic carbocycles. The maximum Gasteiger partial charge on any atom is 0.417 e. The van der Waals surface area contributed by atoms with Crippen molar-refractivity contribution in [3.63, 3.8) is 0 Å². The van der Waals surface area contributed by atoms with Gasteiger partial charge in [0.15, 0.2) is 5.82 Å². The van der Waals surface area contributed by atoms with Gasteiger partial charge in [0.2, 0.25) is 0 Å². The first kappa shape index (κ1) is 18.9. The molecule has 2 N–H and O–H groups in total. The zero-order valence-corrected chi connectivity index (χ0v) is 15.6. The Morgan fingerprint density at radius 2 is 1.90 bits per heavy atom. The van der Waals surface area contributed by atoms with E-state index in [1.807, 2.05) is 0 Å². The molecule has 150 valence electrons. The normalized spacial score (nSPS) is 12.4. The number of benzene rings is 1. The molecule has 0 bridgehead atoms. The zero-order valence-electron chi connectivity index (χ0n) is 14.8. The van der Waals surface area contributed by atoms with Crippen LogP contribution in [0.1, 0.15) is 11.1 Å². The fraction of sp³-hybridized carbons (Fsp3) is 0.118. The van der Waals surface area contributed by atoms with E-state index in [4.69, 9.17) is 0 Å². The van der Waals surface area contributed by atoms with Crippen LogP contribution < -0.4 is 4.72 Å². The van der Waals surface area contributed by atoms with Crippen molar-refractivity contribution in [1.29, 1.82) is 0 Å². The largest absolute Gasteiger partial charge is 0.417 e. The van der Waals surface area contributed by atoms with E-state index < -0.39 is 21.8 Å². The molecule has 0 spiro atoms. The van der Waals surface area contributed by atoms with E-state index in [0.717, 1.165) is 23.0 Å². The highest BCUT2D eigenvalue weighted by Gasteiger charge is 2.30. The van der Waals surface area contributed by atoms with Gasteiger partial charge in [0.25, 0.3) is 10.0 Å². The average molecular weight is 422 g/mol. The summed E-state index contributed by atoms with van der Waals surface area (Å²) in [6, 6.07) is 5.48. The van der Waals surface area contributed by atoms with Crippen molar-refractivity contribution in [1.82, 2.24) is 25.0 Å². The lowest BCUT2D eigenvalue weighted by atomic mass is 10.1. The average Bonchev–Trinajstić information content (AvgIpc) is 3.33. The predicted molar refractivity (Wildman–Crippen MR) is 98.0 cm³/mol. The van der Waals surface area contributed by atoms with Crippen LogP contribution >= 0.6 is 0 Å². The van der Waals surface area contributed by atoms with Crippen molar-refractivity contribution < 1.29 is 21.6 Å². The van der Waals surface area contributed by atoms with Crippen LogP contribution in [0.3, 0.4) is 0 Å². The van der Waals surface area contributed by atoms with E-state index in [0.29, 0.717) is 28.4 Å². The number of sulfonamides is 1. The summed E-state index contributed by atoms with van der Waals surface area (Å²) in [5, 5.41) is 11.2. The van der Waals surface area contributed by atoms with Crippen molar-refractivity contribution in [3.8, 4) is 5.82 Å². The molecule has 3 heterocycles. The van der Waals surface area contributed by atoms with Gasteiger partial charge >= 0.3 is 6.18 Å². The number of halogens is 3. The number of alkyl halides is 3. The lowest BCUT2D eigenvalue weighted by molar-refractivity contribution is -0.137. The zero-order chi connectivity index (χ0) is 20.8. The quantitative estimate of drug-likeness (QED) is 0.525. The molecule has 0 unspecified atom stereocenters. The van der Waals surface area contributed by atoms with Crippen molar-refractivity contribution in [3.05, 3.63) is 60.2 Å². The molecule has 8 nitrogen and oxygen atoms in total. The molecule has 0 radical (unpaired) electrons. The molecule has 0 amide bonds. The topological polar surface area (TPSA) is 106 Å². The highest BCUT2D eigenvalue weighted by Crippen LogP contribution is 2.29. The molecule has 4 aromatic rings. The number of aromatic amines is 1. The lowest BCUT2D eigenvalue weighted by Gasteiger charge is -2.10. The van der Waals surface area contributed by atoms with E-state index in [1.165, 1.54) is 12.4 Å². The summed E-state index contributed by atoms with van der Waals surface area (Å²) in [5.74, 6) is 0.0487. The van der Waals surface area contributed by atoms with Gasteiger partial charge in [0, 0.05) is 11.6 Å². The SMILES string of the molecule is Cc1ccc2[nH]ncc2c1NS(=O)(=O)c1cnn(-c2ccc(C(F)(F)F)cn2)c1. The highest BCUT2D eigenvalue weighted by atomic mass is 32.2. The number of nitrogens with one attached hydrogen (secondary N) is 2. The number of aromatic nitrogens is 5. The molecule has 29 heavy (non-hydrogen) atoms. The molecule has 0 atom stereocenters. The van der Waals surface area contributed by atoms with Gasteiger partial charge in [-0.1, -0.05) is 6.07 Å². The van der Waals surface area contributed by atoms with Gasteiger partial charge in [-0.2, -0.15) is 23.4 Å². The minimum atomic E-state index is -4.51. The third-order valence-corrected chi connectivity index (χ3v) is 5.55. The Kier molecular flexibility index (Phi) is 4.30. The summed E-state index contributed by atoms with van der Waals surface area (Å²) in [4.78, 5) is 3.53. The maximum absolute atomic E-state index is 12.8. The summed E-state index contributed by atoms with van der Waals surface area (Å²) in [6.45, 7) is 1.75. The number of anilines is 1. The Morgan fingerprint density at radius 1 is 1.10 bits per heavy atom. The van der Waals surface area contributed by atoms with Crippen molar-refractivity contribution in [2.24, 2.45) is 0 Å². The van der Waals surface area contributed by atoms with Crippen LogP contribution in [0.15, 0.2) is 53.9 Å². The molecule has 0 fully saturated rings. The lowest BCUT2D eigenvalue weighted by Crippen LogP contribution is -2.13. The van der Waals surface area contributed by atoms with E-state index in [2.05, 4.69) is 25.0 Å². The minimum absolute atomic E-state index is 0.0487. The second kappa shape index (κ2) is 6.58. The number of hydrogen-bond donors (Lipinski definition) is 2. The second-order valence-electron chi connectivity index (χ2n) is 6.22. The van der Waals surface area contributed by atoms with E-state index in [1.54, 1.807) is 19.1 Å². The first-order valence-corrected chi connectivity index (χ1v) is 9.67. The van der Waals surface area contributed by atoms with Gasteiger partial charge in [-0.15, -0.1) is 0 Å². The van der Waals surface area contributed by atoms with Gasteiger partial charge in [0.05, 0.1) is 35.4 Å². The monoisotopic (exact) mass is 422 g/mol. The number of rotatable bonds is 4. The summed E-state index contributed by atoms with van der Waals surface area (Å²) < 4.78 is 67.1. The number of hydrogen-bond acceptors (Lipinski definition) is 5. The summed E-state index contributed by atoms with van der Waals surface area (Å²) in [5.41, 5.74) is 0.820. The second-order valence-corrected chi connectivity index (χ2v) is 7.90. The first-order chi connectivity index (χ1) is 13.6. The van der Waals surface area contributed by atoms with Crippen LogP contribution in [-0.4, -0.2) is 33.4 Å². The maximum atomic E-state index is 12.8. The van der Waals surface area contributed by atoms with Gasteiger partial charge in [-0.05, 0) is 30.7 Å². The van der Waals surface area contributed by atoms with Crippen molar-refractivity contribution >= 4 is 26.6 Å². The smallest absolute Gasteiger partial charge is 0.279 e. The molecule has 4 rings (SSSR count). The molecule has 0 aliphatic carbocycles. The number of fused-ring (bicyclic) bond motifs is 1. The third-order valence-electron chi connectivity index (χ3n) is 4.25. The molecule has 0 saturated heterocycles. The van der Waals surface area contributed by atoms with Crippen LogP contribution in [-0.2, 0) is 16.2 Å². The van der Waals surface area contributed by atoms with Crippen LogP contribution in [0.4, 0.5) is 18.9 Å². The first-order valence-electron chi connectivity index (χ1n) is 8.19. The molecule has 0 aliphatic heterocycles. The third kappa shape index (κ3) is 3.53. The number of H-pyrrole nitrogens is 1. The summed E-state index contributed by atoms with van der Waals surface area (Å²) >= 11 is 0. The molecule has 0 aliphatic rings. The van der Waals surface area contributed by atoms with Crippen molar-refractivity contribution in [2.75, 3.05) is 4.72 Å². The molecular weight excluding hydrogens is 409 g/mol. The van der Waals surface area contributed by atoms with Crippen LogP contribution in [0.5, 0.6) is 0 Å². The predicted octanol–water partition coefficient (Wildman–Crippen LogP) is 3.27. The van der Waals surface area contributed by atoms with Crippen molar-refractivity contribution in [2.45, 2.75) is 18.0 Å². The highest BCUT2D eigenvalue weighted by molar-refractivity contribution is 7.92. The Hall–Kier alpha value is -3.41. The summed E-state index contributed by atoms with van der Waals surface area (Å²) in [7, 11) is -4.01. The van der Waals surface area contributed by atoms with Gasteiger partial charge in [-0.3, -0.25) is 9.82 Å². The van der Waals surface area contributed by atoms with Gasteiger partial charge < -0.3 is 0 Å². The standard InChI is InChI=1S/C17H13F3N6O2S/c1-10-2-4-14-13(8-22-24-14)16(10)25-29(27,28)12-7-23-26(9-12)15-5-3-11(6-21-15)17(18,19)20/h2-9,25H,1H3,(H,22,24). The molecule has 12 heteroatoms. The Bertz CT molecular complexity index is 1290. The fourth-order valence-corrected chi connectivity index (χ4v) is 3.80. The Labute approximate surface area is 162 Å². The molecular formula is C17H13F3N6O2S. The molecule has 3 aromatic heterocycles. The van der Waals surface area contributed by atoms with E-state index in [-0.39, 0.29) is 10.7 Å². The Morgan fingerprint density at radius 3 is 2.59 bits per heavy atom. The number of nitrogens with zero attached hydrogens (tertiary/aromatic N) is 4. The summed E-state index contributed by atoms with van der Waals surface area (Å²) in [6.07, 6.45) is -0.0859. The van der Waals surface area contributed by atoms with E-state index in [9.17, 15) is 21.6 Å². The number of aryl methyl sites for hydroxylation is 1.